The third-order valence-electron chi connectivity index (χ3n) is 4.24. The Balaban J connectivity index is 2.16. The minimum Gasteiger partial charge on any atom is -0.299 e. The van der Waals surface area contributed by atoms with E-state index in [9.17, 15) is 13.6 Å². The molecule has 1 aliphatic carbocycles. The van der Waals surface area contributed by atoms with Gasteiger partial charge >= 0.3 is 0 Å². The summed E-state index contributed by atoms with van der Waals surface area (Å²) in [4.78, 5) is 12.6. The van der Waals surface area contributed by atoms with Gasteiger partial charge < -0.3 is 0 Å². The van der Waals surface area contributed by atoms with Crippen molar-refractivity contribution >= 4 is 5.78 Å². The van der Waals surface area contributed by atoms with Gasteiger partial charge in [-0.1, -0.05) is 26.7 Å². The summed E-state index contributed by atoms with van der Waals surface area (Å²) >= 11 is 0. The normalized spacial score (nSPS) is 17.6. The van der Waals surface area contributed by atoms with Gasteiger partial charge in [0, 0.05) is 17.9 Å². The molecular formula is C17H22F2O. The van der Waals surface area contributed by atoms with Gasteiger partial charge in [-0.3, -0.25) is 4.79 Å². The van der Waals surface area contributed by atoms with Crippen LogP contribution in [-0.4, -0.2) is 5.78 Å². The number of ketones is 1. The lowest BCUT2D eigenvalue weighted by Gasteiger charge is -2.29. The zero-order valence-electron chi connectivity index (χ0n) is 12.2. The van der Waals surface area contributed by atoms with Gasteiger partial charge in [-0.15, -0.1) is 0 Å². The molecular weight excluding hydrogens is 258 g/mol. The molecule has 1 fully saturated rings. The first-order chi connectivity index (χ1) is 9.41. The highest BCUT2D eigenvalue weighted by atomic mass is 19.1. The lowest BCUT2D eigenvalue weighted by atomic mass is 9.73. The topological polar surface area (TPSA) is 17.1 Å². The number of hydrogen-bond acceptors (Lipinski definition) is 1. The van der Waals surface area contributed by atoms with E-state index >= 15 is 0 Å². The van der Waals surface area contributed by atoms with Crippen LogP contribution in [0.3, 0.4) is 0 Å². The average Bonchev–Trinajstić information content (AvgIpc) is 2.76. The Morgan fingerprint density at radius 1 is 1.15 bits per heavy atom. The SMILES string of the molecule is CC(C)CC1(C(=O)Cc2cc(F)cc(F)c2)CCCC1. The average molecular weight is 280 g/mol. The molecule has 3 heteroatoms. The molecule has 1 aromatic rings. The van der Waals surface area contributed by atoms with Crippen molar-refractivity contribution in [1.82, 2.24) is 0 Å². The third-order valence-corrected chi connectivity index (χ3v) is 4.24. The number of Topliss-reactive ketones (excluding diaryl/α,β-unsaturated/α-hetero) is 1. The van der Waals surface area contributed by atoms with Crippen molar-refractivity contribution in [3.05, 3.63) is 35.4 Å². The maximum Gasteiger partial charge on any atom is 0.143 e. The number of benzene rings is 1. The maximum absolute atomic E-state index is 13.2. The third kappa shape index (κ3) is 3.44. The standard InChI is InChI=1S/C17H22F2O/c1-12(2)11-17(5-3-4-6-17)16(20)9-13-7-14(18)10-15(19)8-13/h7-8,10,12H,3-6,9,11H2,1-2H3. The maximum atomic E-state index is 13.2. The Hall–Kier alpha value is -1.25. The van der Waals surface area contributed by atoms with Crippen LogP contribution in [0.25, 0.3) is 0 Å². The fourth-order valence-electron chi connectivity index (χ4n) is 3.52. The van der Waals surface area contributed by atoms with Gasteiger partial charge in [-0.25, -0.2) is 8.78 Å². The van der Waals surface area contributed by atoms with Crippen LogP contribution >= 0.6 is 0 Å². The first-order valence-electron chi connectivity index (χ1n) is 7.39. The number of rotatable bonds is 5. The van der Waals surface area contributed by atoms with E-state index < -0.39 is 11.6 Å². The molecule has 0 bridgehead atoms. The molecule has 2 rings (SSSR count). The van der Waals surface area contributed by atoms with Crippen molar-refractivity contribution in [3.8, 4) is 0 Å². The fourth-order valence-corrected chi connectivity index (χ4v) is 3.52. The number of carbonyl (C=O) groups excluding carboxylic acids is 1. The molecule has 0 spiro atoms. The second-order valence-electron chi connectivity index (χ2n) is 6.46. The molecule has 1 aromatic carbocycles. The highest BCUT2D eigenvalue weighted by Crippen LogP contribution is 2.44. The summed E-state index contributed by atoms with van der Waals surface area (Å²) in [5.41, 5.74) is 0.180. The van der Waals surface area contributed by atoms with Crippen molar-refractivity contribution in [1.29, 1.82) is 0 Å². The minimum atomic E-state index is -0.614. The van der Waals surface area contributed by atoms with E-state index in [4.69, 9.17) is 0 Å². The van der Waals surface area contributed by atoms with Crippen molar-refractivity contribution < 1.29 is 13.6 Å². The summed E-state index contributed by atoms with van der Waals surface area (Å²) in [6, 6.07) is 3.37. The Kier molecular flexibility index (Phi) is 4.56. The zero-order chi connectivity index (χ0) is 14.8. The molecule has 0 heterocycles. The van der Waals surface area contributed by atoms with Crippen molar-refractivity contribution in [3.63, 3.8) is 0 Å². The summed E-state index contributed by atoms with van der Waals surface area (Å²) in [5, 5.41) is 0. The number of hydrogen-bond donors (Lipinski definition) is 0. The van der Waals surface area contributed by atoms with Crippen LogP contribution in [0.4, 0.5) is 8.78 Å². The van der Waals surface area contributed by atoms with Crippen LogP contribution in [0, 0.1) is 23.0 Å². The van der Waals surface area contributed by atoms with Gasteiger partial charge in [0.1, 0.15) is 17.4 Å². The van der Waals surface area contributed by atoms with Crippen LogP contribution < -0.4 is 0 Å². The molecule has 20 heavy (non-hydrogen) atoms. The summed E-state index contributed by atoms with van der Waals surface area (Å²) < 4.78 is 26.4. The first kappa shape index (κ1) is 15.1. The van der Waals surface area contributed by atoms with E-state index in [1.807, 2.05) is 0 Å². The summed E-state index contributed by atoms with van der Waals surface area (Å²) in [6.07, 6.45) is 5.01. The van der Waals surface area contributed by atoms with E-state index in [1.165, 1.54) is 12.1 Å². The summed E-state index contributed by atoms with van der Waals surface area (Å²) in [5.74, 6) is -0.621. The van der Waals surface area contributed by atoms with Crippen molar-refractivity contribution in [2.75, 3.05) is 0 Å². The van der Waals surface area contributed by atoms with Gasteiger partial charge in [-0.2, -0.15) is 0 Å². The van der Waals surface area contributed by atoms with E-state index in [2.05, 4.69) is 13.8 Å². The van der Waals surface area contributed by atoms with E-state index in [-0.39, 0.29) is 17.6 Å². The first-order valence-corrected chi connectivity index (χ1v) is 7.39. The minimum absolute atomic E-state index is 0.140. The molecule has 1 aliphatic rings. The number of carbonyl (C=O) groups is 1. The van der Waals surface area contributed by atoms with Gasteiger partial charge in [0.2, 0.25) is 0 Å². The molecule has 0 amide bonds. The molecule has 0 aliphatic heterocycles. The van der Waals surface area contributed by atoms with Crippen molar-refractivity contribution in [2.45, 2.75) is 52.4 Å². The molecule has 0 radical (unpaired) electrons. The lowest BCUT2D eigenvalue weighted by molar-refractivity contribution is -0.128. The molecule has 1 nitrogen and oxygen atoms in total. The molecule has 0 aromatic heterocycles. The molecule has 0 N–H and O–H groups in total. The van der Waals surface area contributed by atoms with Crippen LogP contribution in [0.5, 0.6) is 0 Å². The molecule has 0 saturated heterocycles. The Morgan fingerprint density at radius 2 is 1.70 bits per heavy atom. The second kappa shape index (κ2) is 6.02. The van der Waals surface area contributed by atoms with Crippen LogP contribution in [-0.2, 0) is 11.2 Å². The van der Waals surface area contributed by atoms with Crippen LogP contribution in [0.15, 0.2) is 18.2 Å². The Morgan fingerprint density at radius 3 is 2.20 bits per heavy atom. The summed E-state index contributed by atoms with van der Waals surface area (Å²) in [7, 11) is 0. The molecule has 1 saturated carbocycles. The molecule has 0 unspecified atom stereocenters. The second-order valence-corrected chi connectivity index (χ2v) is 6.46. The smallest absolute Gasteiger partial charge is 0.143 e. The van der Waals surface area contributed by atoms with Gasteiger partial charge in [0.05, 0.1) is 0 Å². The van der Waals surface area contributed by atoms with Gasteiger partial charge in [-0.05, 0) is 42.9 Å². The largest absolute Gasteiger partial charge is 0.299 e. The van der Waals surface area contributed by atoms with Crippen LogP contribution in [0.1, 0.15) is 51.5 Å². The Bertz CT molecular complexity index is 468. The van der Waals surface area contributed by atoms with Crippen molar-refractivity contribution in [2.24, 2.45) is 11.3 Å². The number of halogens is 2. The zero-order valence-corrected chi connectivity index (χ0v) is 12.2. The summed E-state index contributed by atoms with van der Waals surface area (Å²) in [6.45, 7) is 4.24. The predicted octanol–water partition coefficient (Wildman–Crippen LogP) is 4.68. The highest BCUT2D eigenvalue weighted by molar-refractivity contribution is 5.87. The monoisotopic (exact) mass is 280 g/mol. The highest BCUT2D eigenvalue weighted by Gasteiger charge is 2.40. The van der Waals surface area contributed by atoms with Gasteiger partial charge in [0.15, 0.2) is 0 Å². The molecule has 0 atom stereocenters. The van der Waals surface area contributed by atoms with Crippen LogP contribution in [0.2, 0.25) is 0 Å². The van der Waals surface area contributed by atoms with E-state index in [1.54, 1.807) is 0 Å². The molecule has 110 valence electrons. The van der Waals surface area contributed by atoms with Gasteiger partial charge in [0.25, 0.3) is 0 Å². The van der Waals surface area contributed by atoms with E-state index in [0.29, 0.717) is 11.5 Å². The fraction of sp³-hybridized carbons (Fsp3) is 0.588. The Labute approximate surface area is 119 Å². The quantitative estimate of drug-likeness (QED) is 0.765. The predicted molar refractivity (Wildman–Crippen MR) is 75.4 cm³/mol. The van der Waals surface area contributed by atoms with E-state index in [0.717, 1.165) is 38.2 Å². The lowest BCUT2D eigenvalue weighted by Crippen LogP contribution is -2.31.